The quantitative estimate of drug-likeness (QED) is 0.642. The highest BCUT2D eigenvalue weighted by Crippen LogP contribution is 2.21. The average molecular weight is 308 g/mol. The molecule has 0 aliphatic carbocycles. The van der Waals surface area contributed by atoms with E-state index in [4.69, 9.17) is 17.3 Å². The predicted molar refractivity (Wildman–Crippen MR) is 75.5 cm³/mol. The van der Waals surface area contributed by atoms with Gasteiger partial charge in [0.25, 0.3) is 5.69 Å². The minimum Gasteiger partial charge on any atom is -0.352 e. The Morgan fingerprint density at radius 1 is 1.58 bits per heavy atom. The van der Waals surface area contributed by atoms with Crippen molar-refractivity contribution >= 4 is 35.6 Å². The summed E-state index contributed by atoms with van der Waals surface area (Å²) < 4.78 is 0. The lowest BCUT2D eigenvalue weighted by Gasteiger charge is -2.08. The van der Waals surface area contributed by atoms with Crippen LogP contribution in [0.5, 0.6) is 0 Å². The average Bonchev–Trinajstić information content (AvgIpc) is 2.26. The van der Waals surface area contributed by atoms with Gasteiger partial charge in [-0.2, -0.15) is 0 Å². The molecular weight excluding hydrogens is 293 g/mol. The van der Waals surface area contributed by atoms with Crippen LogP contribution in [0.2, 0.25) is 5.02 Å². The Bertz CT molecular complexity index is 466. The lowest BCUT2D eigenvalue weighted by Crippen LogP contribution is -2.29. The molecule has 0 aliphatic heterocycles. The van der Waals surface area contributed by atoms with Crippen LogP contribution in [-0.2, 0) is 11.3 Å². The van der Waals surface area contributed by atoms with Gasteiger partial charge in [0.2, 0.25) is 5.91 Å². The van der Waals surface area contributed by atoms with E-state index in [2.05, 4.69) is 5.32 Å². The third-order valence-corrected chi connectivity index (χ3v) is 2.59. The first kappa shape index (κ1) is 17.6. The van der Waals surface area contributed by atoms with Crippen LogP contribution in [-0.4, -0.2) is 16.9 Å². The van der Waals surface area contributed by atoms with E-state index < -0.39 is 4.92 Å². The highest BCUT2D eigenvalue weighted by molar-refractivity contribution is 6.31. The number of nitrogens with one attached hydrogen (secondary N) is 1. The summed E-state index contributed by atoms with van der Waals surface area (Å²) in [6.45, 7) is 1.87. The molecule has 0 fully saturated rings. The van der Waals surface area contributed by atoms with Gasteiger partial charge in [0, 0.05) is 36.2 Å². The SMILES string of the molecule is CC(N)CC(=O)NCc1cc([N+](=O)[O-])ccc1Cl.Cl. The normalized spacial score (nSPS) is 11.3. The number of amides is 1. The van der Waals surface area contributed by atoms with Crippen molar-refractivity contribution in [3.8, 4) is 0 Å². The van der Waals surface area contributed by atoms with Crippen LogP contribution < -0.4 is 11.1 Å². The number of nitrogens with two attached hydrogens (primary N) is 1. The van der Waals surface area contributed by atoms with E-state index in [1.165, 1.54) is 18.2 Å². The summed E-state index contributed by atoms with van der Waals surface area (Å²) in [4.78, 5) is 21.5. The number of carbonyl (C=O) groups is 1. The molecule has 8 heteroatoms. The number of carbonyl (C=O) groups excluding carboxylic acids is 1. The van der Waals surface area contributed by atoms with E-state index in [0.717, 1.165) is 0 Å². The Balaban J connectivity index is 0.00000324. The Morgan fingerprint density at radius 2 is 2.21 bits per heavy atom. The van der Waals surface area contributed by atoms with Crippen molar-refractivity contribution in [2.24, 2.45) is 5.73 Å². The number of halogens is 2. The van der Waals surface area contributed by atoms with Crippen LogP contribution in [0.3, 0.4) is 0 Å². The maximum atomic E-state index is 11.4. The molecule has 19 heavy (non-hydrogen) atoms. The topological polar surface area (TPSA) is 98.3 Å². The zero-order valence-electron chi connectivity index (χ0n) is 10.3. The number of hydrogen-bond acceptors (Lipinski definition) is 4. The molecule has 1 amide bonds. The third-order valence-electron chi connectivity index (χ3n) is 2.22. The van der Waals surface area contributed by atoms with Gasteiger partial charge in [0.1, 0.15) is 0 Å². The van der Waals surface area contributed by atoms with Crippen LogP contribution in [0, 0.1) is 10.1 Å². The first-order chi connectivity index (χ1) is 8.40. The zero-order chi connectivity index (χ0) is 13.7. The largest absolute Gasteiger partial charge is 0.352 e. The van der Waals surface area contributed by atoms with Crippen LogP contribution in [0.1, 0.15) is 18.9 Å². The van der Waals surface area contributed by atoms with Crippen LogP contribution in [0.25, 0.3) is 0 Å². The minimum absolute atomic E-state index is 0. The van der Waals surface area contributed by atoms with Gasteiger partial charge in [0.15, 0.2) is 0 Å². The molecule has 0 spiro atoms. The number of hydrogen-bond donors (Lipinski definition) is 2. The summed E-state index contributed by atoms with van der Waals surface area (Å²) in [6, 6.07) is 3.86. The second-order valence-electron chi connectivity index (χ2n) is 3.99. The van der Waals surface area contributed by atoms with Crippen molar-refractivity contribution in [2.75, 3.05) is 0 Å². The van der Waals surface area contributed by atoms with Gasteiger partial charge in [-0.05, 0) is 18.6 Å². The Labute approximate surface area is 121 Å². The van der Waals surface area contributed by atoms with E-state index in [1.54, 1.807) is 6.92 Å². The standard InChI is InChI=1S/C11H14ClN3O3.ClH/c1-7(13)4-11(16)14-6-8-5-9(15(17)18)2-3-10(8)12;/h2-3,5,7H,4,6,13H2,1H3,(H,14,16);1H. The molecule has 0 saturated heterocycles. The molecule has 0 bridgehead atoms. The molecule has 0 aliphatic rings. The molecule has 106 valence electrons. The molecule has 0 heterocycles. The number of rotatable bonds is 5. The van der Waals surface area contributed by atoms with Gasteiger partial charge < -0.3 is 11.1 Å². The highest BCUT2D eigenvalue weighted by Gasteiger charge is 2.11. The van der Waals surface area contributed by atoms with Gasteiger partial charge in [-0.15, -0.1) is 12.4 Å². The van der Waals surface area contributed by atoms with Gasteiger partial charge in [-0.25, -0.2) is 0 Å². The molecule has 6 nitrogen and oxygen atoms in total. The van der Waals surface area contributed by atoms with Crippen molar-refractivity contribution in [3.05, 3.63) is 38.9 Å². The van der Waals surface area contributed by atoms with E-state index in [9.17, 15) is 14.9 Å². The molecule has 1 unspecified atom stereocenters. The van der Waals surface area contributed by atoms with Gasteiger partial charge in [0.05, 0.1) is 4.92 Å². The zero-order valence-corrected chi connectivity index (χ0v) is 11.8. The fourth-order valence-corrected chi connectivity index (χ4v) is 1.55. The monoisotopic (exact) mass is 307 g/mol. The maximum absolute atomic E-state index is 11.4. The Kier molecular flexibility index (Phi) is 7.36. The molecule has 1 rings (SSSR count). The van der Waals surface area contributed by atoms with Crippen molar-refractivity contribution in [1.82, 2.24) is 5.32 Å². The number of nitro benzene ring substituents is 1. The fourth-order valence-electron chi connectivity index (χ4n) is 1.37. The molecule has 1 aromatic rings. The lowest BCUT2D eigenvalue weighted by atomic mass is 10.2. The summed E-state index contributed by atoms with van der Waals surface area (Å²) in [7, 11) is 0. The van der Waals surface area contributed by atoms with Crippen molar-refractivity contribution in [1.29, 1.82) is 0 Å². The molecule has 3 N–H and O–H groups in total. The van der Waals surface area contributed by atoms with Crippen LogP contribution in [0.15, 0.2) is 18.2 Å². The first-order valence-electron chi connectivity index (χ1n) is 5.35. The molecular formula is C11H15Cl2N3O3. The predicted octanol–water partition coefficient (Wildman–Crippen LogP) is 2.02. The van der Waals surface area contributed by atoms with E-state index in [-0.39, 0.29) is 43.0 Å². The van der Waals surface area contributed by atoms with Gasteiger partial charge in [-0.3, -0.25) is 14.9 Å². The van der Waals surface area contributed by atoms with E-state index in [1.807, 2.05) is 0 Å². The number of benzene rings is 1. The summed E-state index contributed by atoms with van der Waals surface area (Å²) >= 11 is 5.89. The van der Waals surface area contributed by atoms with Crippen LogP contribution in [0.4, 0.5) is 5.69 Å². The van der Waals surface area contributed by atoms with Gasteiger partial charge >= 0.3 is 0 Å². The summed E-state index contributed by atoms with van der Waals surface area (Å²) in [5, 5.41) is 13.6. The highest BCUT2D eigenvalue weighted by atomic mass is 35.5. The maximum Gasteiger partial charge on any atom is 0.269 e. The summed E-state index contributed by atoms with van der Waals surface area (Å²) in [5.74, 6) is -0.215. The molecule has 0 radical (unpaired) electrons. The fraction of sp³-hybridized carbons (Fsp3) is 0.364. The summed E-state index contributed by atoms with van der Waals surface area (Å²) in [6.07, 6.45) is 0.201. The Hall–Kier alpha value is -1.37. The van der Waals surface area contributed by atoms with E-state index >= 15 is 0 Å². The van der Waals surface area contributed by atoms with Crippen molar-refractivity contribution < 1.29 is 9.72 Å². The van der Waals surface area contributed by atoms with Crippen molar-refractivity contribution in [3.63, 3.8) is 0 Å². The lowest BCUT2D eigenvalue weighted by molar-refractivity contribution is -0.384. The number of nitrogens with zero attached hydrogens (tertiary/aromatic N) is 1. The summed E-state index contributed by atoms with van der Waals surface area (Å²) in [5.41, 5.74) is 5.92. The van der Waals surface area contributed by atoms with Crippen LogP contribution >= 0.6 is 24.0 Å². The van der Waals surface area contributed by atoms with E-state index in [0.29, 0.717) is 10.6 Å². The molecule has 1 aromatic carbocycles. The second-order valence-corrected chi connectivity index (χ2v) is 4.40. The smallest absolute Gasteiger partial charge is 0.269 e. The minimum atomic E-state index is -0.510. The van der Waals surface area contributed by atoms with Gasteiger partial charge in [-0.1, -0.05) is 11.6 Å². The molecule has 1 atom stereocenters. The Morgan fingerprint density at radius 3 is 2.74 bits per heavy atom. The third kappa shape index (κ3) is 5.87. The van der Waals surface area contributed by atoms with Crippen molar-refractivity contribution in [2.45, 2.75) is 25.9 Å². The number of non-ortho nitro benzene ring substituents is 1. The molecule has 0 aromatic heterocycles. The second kappa shape index (κ2) is 7.93. The first-order valence-corrected chi connectivity index (χ1v) is 5.73. The number of nitro groups is 1. The molecule has 0 saturated carbocycles.